The number of benzene rings is 3. The fourth-order valence-corrected chi connectivity index (χ4v) is 4.17. The Hall–Kier alpha value is -3.42. The molecule has 1 N–H and O–H groups in total. The monoisotopic (exact) mass is 510 g/mol. The van der Waals surface area contributed by atoms with Gasteiger partial charge in [-0.3, -0.25) is 4.79 Å². The number of ether oxygens (including phenoxy) is 4. The van der Waals surface area contributed by atoms with Gasteiger partial charge in [-0.25, -0.2) is 4.39 Å². The summed E-state index contributed by atoms with van der Waals surface area (Å²) in [6.45, 7) is 5.86. The van der Waals surface area contributed by atoms with Crippen molar-refractivity contribution < 1.29 is 33.2 Å². The van der Waals surface area contributed by atoms with Gasteiger partial charge in [-0.05, 0) is 84.5 Å². The predicted octanol–water partition coefficient (Wildman–Crippen LogP) is 5.90. The summed E-state index contributed by atoms with van der Waals surface area (Å²) in [6.07, 6.45) is -1.33. The van der Waals surface area contributed by atoms with E-state index in [1.807, 2.05) is 69.3 Å². The van der Waals surface area contributed by atoms with Crippen LogP contribution in [0.4, 0.5) is 4.39 Å². The van der Waals surface area contributed by atoms with Gasteiger partial charge < -0.3 is 24.1 Å². The smallest absolute Gasteiger partial charge is 0.308 e. The Morgan fingerprint density at radius 1 is 0.973 bits per heavy atom. The molecule has 6 nitrogen and oxygen atoms in total. The van der Waals surface area contributed by atoms with Crippen molar-refractivity contribution in [2.24, 2.45) is 0 Å². The molecular formula is C30H35FO6. The van der Waals surface area contributed by atoms with Crippen LogP contribution in [0.25, 0.3) is 11.1 Å². The Labute approximate surface area is 218 Å². The fourth-order valence-electron chi connectivity index (χ4n) is 4.17. The van der Waals surface area contributed by atoms with Gasteiger partial charge in [0.25, 0.3) is 0 Å². The number of aliphatic hydroxyl groups is 1. The average molecular weight is 511 g/mol. The van der Waals surface area contributed by atoms with E-state index in [4.69, 9.17) is 18.9 Å². The van der Waals surface area contributed by atoms with E-state index in [2.05, 4.69) is 12.1 Å². The van der Waals surface area contributed by atoms with Gasteiger partial charge in [0, 0.05) is 6.61 Å². The van der Waals surface area contributed by atoms with Gasteiger partial charge in [-0.2, -0.15) is 0 Å². The number of methoxy groups -OCH3 is 1. The minimum Gasteiger partial charge on any atom is -0.491 e. The maximum absolute atomic E-state index is 12.5. The number of alkyl halides is 1. The highest BCUT2D eigenvalue weighted by molar-refractivity contribution is 5.72. The molecule has 7 heteroatoms. The van der Waals surface area contributed by atoms with Crippen molar-refractivity contribution in [1.82, 2.24) is 0 Å². The van der Waals surface area contributed by atoms with Crippen LogP contribution >= 0.6 is 0 Å². The van der Waals surface area contributed by atoms with E-state index in [1.54, 1.807) is 0 Å². The molecule has 3 rings (SSSR count). The summed E-state index contributed by atoms with van der Waals surface area (Å²) in [5.41, 5.74) is 6.11. The SMILES string of the molecule is CCO[C@@H](CC(=O)OC)c1ccc(OCc2cccc(-c3c(C)cc(OC[C@H](O)CF)cc3C)c2)cc1. The van der Waals surface area contributed by atoms with Crippen molar-refractivity contribution in [3.05, 3.63) is 82.9 Å². The largest absolute Gasteiger partial charge is 0.491 e. The normalized spacial score (nSPS) is 12.6. The standard InChI is InChI=1S/C30H35FO6/c1-5-35-28(16-29(33)34-4)23-9-11-26(12-10-23)36-18-22-7-6-8-24(15-22)30-20(2)13-27(14-21(30)3)37-19-25(32)17-31/h6-15,25,28,32H,5,16-19H2,1-4H3/t25-,28+/m1/s1. The molecule has 2 atom stereocenters. The number of hydrogen-bond acceptors (Lipinski definition) is 6. The zero-order valence-electron chi connectivity index (χ0n) is 21.8. The fraction of sp³-hybridized carbons (Fsp3) is 0.367. The summed E-state index contributed by atoms with van der Waals surface area (Å²) in [6, 6.07) is 19.5. The first kappa shape index (κ1) is 28.2. The first-order valence-electron chi connectivity index (χ1n) is 12.3. The van der Waals surface area contributed by atoms with Gasteiger partial charge >= 0.3 is 5.97 Å². The zero-order chi connectivity index (χ0) is 26.8. The summed E-state index contributed by atoms with van der Waals surface area (Å²) < 4.78 is 34.6. The molecule has 0 heterocycles. The Balaban J connectivity index is 1.68. The Bertz CT molecular complexity index is 1140. The molecule has 0 radical (unpaired) electrons. The highest BCUT2D eigenvalue weighted by Gasteiger charge is 2.17. The summed E-state index contributed by atoms with van der Waals surface area (Å²) in [5, 5.41) is 9.42. The molecule has 0 aliphatic heterocycles. The van der Waals surface area contributed by atoms with E-state index < -0.39 is 12.8 Å². The molecule has 0 bridgehead atoms. The first-order valence-corrected chi connectivity index (χ1v) is 12.3. The third-order valence-electron chi connectivity index (χ3n) is 5.95. The van der Waals surface area contributed by atoms with Crippen molar-refractivity contribution in [3.63, 3.8) is 0 Å². The molecule has 198 valence electrons. The van der Waals surface area contributed by atoms with Crippen molar-refractivity contribution in [2.45, 2.75) is 46.0 Å². The molecule has 37 heavy (non-hydrogen) atoms. The second-order valence-corrected chi connectivity index (χ2v) is 8.83. The van der Waals surface area contributed by atoms with E-state index in [0.717, 1.165) is 33.4 Å². The molecule has 3 aromatic rings. The quantitative estimate of drug-likeness (QED) is 0.289. The van der Waals surface area contributed by atoms with Gasteiger partial charge in [-0.1, -0.05) is 30.3 Å². The molecule has 0 amide bonds. The maximum Gasteiger partial charge on any atom is 0.308 e. The molecule has 0 aliphatic rings. The second kappa shape index (κ2) is 13.8. The number of aryl methyl sites for hydroxylation is 2. The van der Waals surface area contributed by atoms with Crippen molar-refractivity contribution in [2.75, 3.05) is 27.0 Å². The van der Waals surface area contributed by atoms with Crippen LogP contribution in [0.5, 0.6) is 11.5 Å². The number of carbonyl (C=O) groups excluding carboxylic acids is 1. The summed E-state index contributed by atoms with van der Waals surface area (Å²) >= 11 is 0. The van der Waals surface area contributed by atoms with E-state index in [0.29, 0.717) is 24.7 Å². The Kier molecular flexibility index (Phi) is 10.5. The third kappa shape index (κ3) is 8.03. The Morgan fingerprint density at radius 2 is 1.68 bits per heavy atom. The molecule has 3 aromatic carbocycles. The number of halogens is 1. The van der Waals surface area contributed by atoms with Gasteiger partial charge in [0.05, 0.1) is 19.6 Å². The summed E-state index contributed by atoms with van der Waals surface area (Å²) in [5.74, 6) is 1.00. The maximum atomic E-state index is 12.5. The third-order valence-corrected chi connectivity index (χ3v) is 5.95. The van der Waals surface area contributed by atoms with E-state index in [1.165, 1.54) is 7.11 Å². The van der Waals surface area contributed by atoms with Gasteiger partial charge in [-0.15, -0.1) is 0 Å². The molecule has 0 aromatic heterocycles. The lowest BCUT2D eigenvalue weighted by Crippen LogP contribution is -2.19. The van der Waals surface area contributed by atoms with Crippen LogP contribution in [0.15, 0.2) is 60.7 Å². The van der Waals surface area contributed by atoms with Gasteiger partial charge in [0.2, 0.25) is 0 Å². The van der Waals surface area contributed by atoms with Crippen LogP contribution in [-0.2, 0) is 20.9 Å². The lowest BCUT2D eigenvalue weighted by Gasteiger charge is -2.17. The topological polar surface area (TPSA) is 74.2 Å². The van der Waals surface area contributed by atoms with Crippen LogP contribution in [0.3, 0.4) is 0 Å². The number of esters is 1. The van der Waals surface area contributed by atoms with E-state index >= 15 is 0 Å². The molecule has 0 spiro atoms. The molecule has 0 aliphatic carbocycles. The highest BCUT2D eigenvalue weighted by Crippen LogP contribution is 2.32. The van der Waals surface area contributed by atoms with Crippen molar-refractivity contribution in [1.29, 1.82) is 0 Å². The minimum absolute atomic E-state index is 0.0832. The second-order valence-electron chi connectivity index (χ2n) is 8.83. The first-order chi connectivity index (χ1) is 17.8. The number of aliphatic hydroxyl groups excluding tert-OH is 1. The summed E-state index contributed by atoms with van der Waals surface area (Å²) in [4.78, 5) is 11.7. The van der Waals surface area contributed by atoms with E-state index in [-0.39, 0.29) is 25.1 Å². The van der Waals surface area contributed by atoms with Crippen LogP contribution in [0.1, 0.15) is 41.7 Å². The van der Waals surface area contributed by atoms with E-state index in [9.17, 15) is 14.3 Å². The zero-order valence-corrected chi connectivity index (χ0v) is 21.8. The highest BCUT2D eigenvalue weighted by atomic mass is 19.1. The predicted molar refractivity (Wildman–Crippen MR) is 141 cm³/mol. The Morgan fingerprint density at radius 3 is 2.30 bits per heavy atom. The summed E-state index contributed by atoms with van der Waals surface area (Å²) in [7, 11) is 1.37. The minimum atomic E-state index is -1.13. The molecule has 0 saturated heterocycles. The molecular weight excluding hydrogens is 475 g/mol. The van der Waals surface area contributed by atoms with Crippen LogP contribution in [-0.4, -0.2) is 44.2 Å². The molecule has 0 saturated carbocycles. The lowest BCUT2D eigenvalue weighted by molar-refractivity contribution is -0.143. The van der Waals surface area contributed by atoms with Crippen LogP contribution in [0.2, 0.25) is 0 Å². The number of rotatable bonds is 13. The van der Waals surface area contributed by atoms with Crippen molar-refractivity contribution >= 4 is 5.97 Å². The van der Waals surface area contributed by atoms with Crippen molar-refractivity contribution in [3.8, 4) is 22.6 Å². The lowest BCUT2D eigenvalue weighted by atomic mass is 9.94. The number of carbonyl (C=O) groups is 1. The average Bonchev–Trinajstić information content (AvgIpc) is 2.90. The van der Waals surface area contributed by atoms with Crippen LogP contribution < -0.4 is 9.47 Å². The number of hydrogen-bond donors (Lipinski definition) is 1. The van der Waals surface area contributed by atoms with Gasteiger partial charge in [0.15, 0.2) is 0 Å². The van der Waals surface area contributed by atoms with Crippen LogP contribution in [0, 0.1) is 13.8 Å². The molecule has 0 unspecified atom stereocenters. The molecule has 0 fully saturated rings. The van der Waals surface area contributed by atoms with Gasteiger partial charge in [0.1, 0.15) is 37.5 Å².